The molecule has 10 nitrogen and oxygen atoms in total. The topological polar surface area (TPSA) is 118 Å². The van der Waals surface area contributed by atoms with E-state index in [1.807, 2.05) is 18.2 Å². The van der Waals surface area contributed by atoms with Crippen LogP contribution in [0.15, 0.2) is 64.4 Å². The lowest BCUT2D eigenvalue weighted by molar-refractivity contribution is -0.0198. The van der Waals surface area contributed by atoms with Gasteiger partial charge in [0.25, 0.3) is 16.0 Å². The number of unbranched alkanes of at least 4 members (excludes halogenated alkanes) is 3. The summed E-state index contributed by atoms with van der Waals surface area (Å²) in [6.45, 7) is 3.64. The normalized spacial score (nSPS) is 19.0. The van der Waals surface area contributed by atoms with Crippen molar-refractivity contribution in [1.82, 2.24) is 9.58 Å². The van der Waals surface area contributed by atoms with Crippen molar-refractivity contribution < 1.29 is 31.6 Å². The molecule has 6 rings (SSSR count). The molecule has 3 aliphatic rings. The van der Waals surface area contributed by atoms with Crippen LogP contribution in [-0.4, -0.2) is 67.2 Å². The van der Waals surface area contributed by atoms with Gasteiger partial charge in [0, 0.05) is 29.5 Å². The molecule has 0 radical (unpaired) electrons. The van der Waals surface area contributed by atoms with Crippen molar-refractivity contribution >= 4 is 27.8 Å². The summed E-state index contributed by atoms with van der Waals surface area (Å²) in [7, 11) is -3.67. The predicted molar refractivity (Wildman–Crippen MR) is 166 cm³/mol. The Hall–Kier alpha value is -3.39. The number of hydrogen-bond acceptors (Lipinski definition) is 8. The minimum atomic E-state index is -3.67. The number of carbonyl (C=O) groups is 1. The third kappa shape index (κ3) is 6.96. The number of benzene rings is 2. The van der Waals surface area contributed by atoms with E-state index in [4.69, 9.17) is 14.0 Å². The molecule has 2 aromatic carbocycles. The molecule has 1 amide bonds. The molecule has 1 aromatic heterocycles. The lowest BCUT2D eigenvalue weighted by Crippen LogP contribution is -2.66. The monoisotopic (exact) mass is 645 g/mol. The van der Waals surface area contributed by atoms with Gasteiger partial charge in [-0.25, -0.2) is 4.39 Å². The Morgan fingerprint density at radius 1 is 1.09 bits per heavy atom. The highest BCUT2D eigenvalue weighted by Crippen LogP contribution is 2.44. The van der Waals surface area contributed by atoms with E-state index in [0.29, 0.717) is 38.4 Å². The van der Waals surface area contributed by atoms with Crippen molar-refractivity contribution in [3.05, 3.63) is 93.2 Å². The highest BCUT2D eigenvalue weighted by Gasteiger charge is 2.46. The first kappa shape index (κ1) is 32.0. The third-order valence-electron chi connectivity index (χ3n) is 7.66. The molecule has 0 saturated carbocycles. The second kappa shape index (κ2) is 13.7. The van der Waals surface area contributed by atoms with Gasteiger partial charge in [-0.3, -0.25) is 23.8 Å². The molecule has 2 atom stereocenters. The molecule has 3 aromatic rings. The van der Waals surface area contributed by atoms with E-state index in [9.17, 15) is 22.4 Å². The van der Waals surface area contributed by atoms with Crippen molar-refractivity contribution in [2.75, 3.05) is 37.6 Å². The van der Waals surface area contributed by atoms with E-state index >= 15 is 0 Å². The minimum Gasteiger partial charge on any atom is -0.487 e. The fraction of sp³-hybridized carbons (Fsp3) is 0.419. The van der Waals surface area contributed by atoms with E-state index in [-0.39, 0.29) is 34.6 Å². The van der Waals surface area contributed by atoms with Crippen molar-refractivity contribution in [3.8, 4) is 5.75 Å². The second-order valence-electron chi connectivity index (χ2n) is 10.9. The molecule has 1 unspecified atom stereocenters. The van der Waals surface area contributed by atoms with Crippen molar-refractivity contribution in [1.29, 1.82) is 0 Å². The maximum atomic E-state index is 14.4. The number of rotatable bonds is 7. The van der Waals surface area contributed by atoms with E-state index in [2.05, 4.69) is 24.1 Å². The zero-order valence-corrected chi connectivity index (χ0v) is 26.3. The van der Waals surface area contributed by atoms with Crippen LogP contribution in [0.4, 0.5) is 4.39 Å². The third-order valence-corrected chi connectivity index (χ3v) is 8.80. The van der Waals surface area contributed by atoms with Crippen LogP contribution >= 0.6 is 11.8 Å². The van der Waals surface area contributed by atoms with Gasteiger partial charge >= 0.3 is 0 Å². The largest absolute Gasteiger partial charge is 0.487 e. The van der Waals surface area contributed by atoms with E-state index in [0.717, 1.165) is 47.3 Å². The number of thioether (sulfide) groups is 1. The van der Waals surface area contributed by atoms with Gasteiger partial charge in [0.2, 0.25) is 5.43 Å². The molecular formula is C31H36FN3O7S2. The Bertz CT molecular complexity index is 1670. The van der Waals surface area contributed by atoms with Gasteiger partial charge < -0.3 is 14.4 Å². The van der Waals surface area contributed by atoms with Gasteiger partial charge in [-0.2, -0.15) is 8.42 Å². The van der Waals surface area contributed by atoms with Crippen molar-refractivity contribution in [2.24, 2.45) is 0 Å². The van der Waals surface area contributed by atoms with Gasteiger partial charge in [0.1, 0.15) is 12.0 Å². The SMILES string of the molecule is CCCCCCOc1c2n(ccc1=O)N(C1c3ccc(F)cc3CSc3ccccc31)[C@@H]1COCCN1C2=O.CS(=O)(=O)O. The van der Waals surface area contributed by atoms with Crippen LogP contribution in [0.1, 0.15) is 65.8 Å². The number of amides is 1. The lowest BCUT2D eigenvalue weighted by Gasteiger charge is -2.51. The van der Waals surface area contributed by atoms with E-state index < -0.39 is 16.3 Å². The maximum Gasteiger partial charge on any atom is 0.278 e. The first-order chi connectivity index (χ1) is 21.1. The first-order valence-electron chi connectivity index (χ1n) is 14.6. The number of hydrogen-bond donors (Lipinski definition) is 1. The fourth-order valence-corrected chi connectivity index (χ4v) is 6.86. The molecule has 1 fully saturated rings. The van der Waals surface area contributed by atoms with Crippen LogP contribution in [0.25, 0.3) is 0 Å². The summed E-state index contributed by atoms with van der Waals surface area (Å²) in [4.78, 5) is 29.9. The molecule has 1 saturated heterocycles. The molecule has 0 spiro atoms. The van der Waals surface area contributed by atoms with Crippen LogP contribution in [0.5, 0.6) is 5.75 Å². The maximum absolute atomic E-state index is 14.4. The number of morpholine rings is 1. The number of carbonyl (C=O) groups excluding carboxylic acids is 1. The second-order valence-corrected chi connectivity index (χ2v) is 13.3. The summed E-state index contributed by atoms with van der Waals surface area (Å²) in [5.41, 5.74) is 2.83. The number of nitrogens with zero attached hydrogens (tertiary/aromatic N) is 3. The molecule has 3 aliphatic heterocycles. The van der Waals surface area contributed by atoms with Gasteiger partial charge in [-0.15, -0.1) is 11.8 Å². The lowest BCUT2D eigenvalue weighted by atomic mass is 9.93. The Morgan fingerprint density at radius 3 is 2.64 bits per heavy atom. The summed E-state index contributed by atoms with van der Waals surface area (Å²) in [5.74, 6) is 0.195. The summed E-state index contributed by atoms with van der Waals surface area (Å²) in [6, 6.07) is 14.2. The summed E-state index contributed by atoms with van der Waals surface area (Å²) >= 11 is 1.67. The fourth-order valence-electron chi connectivity index (χ4n) is 5.77. The molecular weight excluding hydrogens is 609 g/mol. The molecule has 13 heteroatoms. The van der Waals surface area contributed by atoms with Crippen LogP contribution in [-0.2, 0) is 20.6 Å². The summed E-state index contributed by atoms with van der Waals surface area (Å²) in [5, 5.41) is 2.11. The van der Waals surface area contributed by atoms with E-state index in [1.165, 1.54) is 12.1 Å². The zero-order valence-electron chi connectivity index (χ0n) is 24.6. The number of pyridine rings is 1. The van der Waals surface area contributed by atoms with Gasteiger partial charge in [0.05, 0.1) is 32.1 Å². The molecule has 4 heterocycles. The van der Waals surface area contributed by atoms with E-state index in [1.54, 1.807) is 33.6 Å². The standard InChI is InChI=1S/C30H32FN3O4S.CH4O3S/c1-2-3-4-7-15-38-29-24(35)12-13-33-28(29)30(36)32-14-16-37-18-26(32)34(33)27-22-11-10-21(31)17-20(22)19-39-25-9-6-5-8-23(25)27;1-5(2,3)4/h5-6,8-13,17,26-27H,2-4,7,14-16,18-19H2,1H3;1H3,(H,2,3,4)/t26-,27?;/m1./s1. The van der Waals surface area contributed by atoms with Crippen molar-refractivity contribution in [2.45, 2.75) is 55.5 Å². The Balaban J connectivity index is 0.000000712. The molecule has 0 aliphatic carbocycles. The smallest absolute Gasteiger partial charge is 0.278 e. The number of ether oxygens (including phenoxy) is 2. The highest BCUT2D eigenvalue weighted by atomic mass is 32.2. The first-order valence-corrected chi connectivity index (χ1v) is 17.4. The summed E-state index contributed by atoms with van der Waals surface area (Å²) < 4.78 is 54.0. The van der Waals surface area contributed by atoms with Crippen LogP contribution in [0, 0.1) is 5.82 Å². The predicted octanol–water partition coefficient (Wildman–Crippen LogP) is 4.60. The Morgan fingerprint density at radius 2 is 1.86 bits per heavy atom. The van der Waals surface area contributed by atoms with Gasteiger partial charge in [-0.1, -0.05) is 50.5 Å². The highest BCUT2D eigenvalue weighted by molar-refractivity contribution is 7.98. The Kier molecular flexibility index (Phi) is 9.98. The zero-order chi connectivity index (χ0) is 31.4. The average Bonchev–Trinajstić information content (AvgIpc) is 3.14. The number of fused-ring (bicyclic) bond motifs is 4. The molecule has 236 valence electrons. The Labute approximate surface area is 260 Å². The molecule has 0 bridgehead atoms. The van der Waals surface area contributed by atoms with Crippen LogP contribution < -0.4 is 15.2 Å². The van der Waals surface area contributed by atoms with Gasteiger partial charge in [-0.05, 0) is 41.3 Å². The summed E-state index contributed by atoms with van der Waals surface area (Å²) in [6.07, 6.45) is 5.96. The van der Waals surface area contributed by atoms with Crippen LogP contribution in [0.2, 0.25) is 0 Å². The quantitative estimate of drug-likeness (QED) is 0.291. The molecule has 1 N–H and O–H groups in total. The van der Waals surface area contributed by atoms with Gasteiger partial charge in [0.15, 0.2) is 11.4 Å². The van der Waals surface area contributed by atoms with Crippen LogP contribution in [0.3, 0.4) is 0 Å². The minimum absolute atomic E-state index is 0.0875. The number of aromatic nitrogens is 1. The number of halogens is 1. The van der Waals surface area contributed by atoms with Crippen molar-refractivity contribution in [3.63, 3.8) is 0 Å². The molecule has 44 heavy (non-hydrogen) atoms. The average molecular weight is 646 g/mol.